The Morgan fingerprint density at radius 1 is 1.23 bits per heavy atom. The summed E-state index contributed by atoms with van der Waals surface area (Å²) in [4.78, 5) is 4.82. The number of ether oxygens (including phenoxy) is 2. The normalized spacial score (nSPS) is 15.7. The Kier molecular flexibility index (Phi) is 4.80. The summed E-state index contributed by atoms with van der Waals surface area (Å²) in [5.74, 6) is 1.81. The molecule has 4 rings (SSSR count). The summed E-state index contributed by atoms with van der Waals surface area (Å²) >= 11 is 1.70. The fourth-order valence-corrected chi connectivity index (χ4v) is 3.88. The fraction of sp³-hybridized carbons (Fsp3) is 0.286. The van der Waals surface area contributed by atoms with Gasteiger partial charge in [-0.25, -0.2) is 4.98 Å². The topological polar surface area (TPSA) is 43.4 Å². The van der Waals surface area contributed by atoms with Gasteiger partial charge in [0, 0.05) is 17.4 Å². The molecular formula is C21H22N2O2S. The van der Waals surface area contributed by atoms with Crippen molar-refractivity contribution in [3.8, 4) is 22.8 Å². The van der Waals surface area contributed by atoms with Crippen molar-refractivity contribution >= 4 is 17.0 Å². The summed E-state index contributed by atoms with van der Waals surface area (Å²) in [6, 6.07) is 14.4. The number of hydrogen-bond acceptors (Lipinski definition) is 5. The summed E-state index contributed by atoms with van der Waals surface area (Å²) in [5, 5.41) is 6.70. The van der Waals surface area contributed by atoms with Gasteiger partial charge in [0.05, 0.1) is 30.0 Å². The standard InChI is InChI=1S/C21H22N2O2S/c1-3-16-12-22-18-11-15(6-9-20(18)25-16)19-13-26-21(23-19)10-14-4-7-17(24-2)8-5-14/h4-9,11,13,16,22H,3,10,12H2,1-2H3. The molecule has 1 atom stereocenters. The zero-order chi connectivity index (χ0) is 17.9. The van der Waals surface area contributed by atoms with Crippen LogP contribution in [0, 0.1) is 0 Å². The van der Waals surface area contributed by atoms with Crippen LogP contribution >= 0.6 is 11.3 Å². The Bertz CT molecular complexity index is 889. The summed E-state index contributed by atoms with van der Waals surface area (Å²) in [6.07, 6.45) is 2.09. The molecule has 0 bridgehead atoms. The quantitative estimate of drug-likeness (QED) is 0.691. The number of nitrogens with zero attached hydrogens (tertiary/aromatic N) is 1. The molecule has 0 saturated heterocycles. The largest absolute Gasteiger partial charge is 0.497 e. The summed E-state index contributed by atoms with van der Waals surface area (Å²) < 4.78 is 11.2. The van der Waals surface area contributed by atoms with E-state index in [4.69, 9.17) is 14.5 Å². The van der Waals surface area contributed by atoms with Gasteiger partial charge in [0.1, 0.15) is 17.6 Å². The monoisotopic (exact) mass is 366 g/mol. The van der Waals surface area contributed by atoms with Crippen LogP contribution in [-0.2, 0) is 6.42 Å². The van der Waals surface area contributed by atoms with Crippen molar-refractivity contribution in [3.05, 3.63) is 58.4 Å². The van der Waals surface area contributed by atoms with E-state index >= 15 is 0 Å². The van der Waals surface area contributed by atoms with Crippen LogP contribution in [0.3, 0.4) is 0 Å². The summed E-state index contributed by atoms with van der Waals surface area (Å²) in [5.41, 5.74) is 4.42. The van der Waals surface area contributed by atoms with Gasteiger partial charge < -0.3 is 14.8 Å². The minimum absolute atomic E-state index is 0.253. The van der Waals surface area contributed by atoms with Gasteiger partial charge in [-0.05, 0) is 42.3 Å². The zero-order valence-electron chi connectivity index (χ0n) is 15.0. The fourth-order valence-electron chi connectivity index (χ4n) is 3.05. The molecule has 1 unspecified atom stereocenters. The van der Waals surface area contributed by atoms with Crippen LogP contribution in [0.5, 0.6) is 11.5 Å². The molecule has 3 aromatic rings. The van der Waals surface area contributed by atoms with Gasteiger partial charge in [-0.3, -0.25) is 0 Å². The van der Waals surface area contributed by atoms with Crippen LogP contribution in [0.4, 0.5) is 5.69 Å². The smallest absolute Gasteiger partial charge is 0.142 e. The Hall–Kier alpha value is -2.53. The van der Waals surface area contributed by atoms with Crippen molar-refractivity contribution in [3.63, 3.8) is 0 Å². The Morgan fingerprint density at radius 2 is 2.08 bits per heavy atom. The highest BCUT2D eigenvalue weighted by molar-refractivity contribution is 7.10. The molecule has 0 saturated carbocycles. The number of anilines is 1. The van der Waals surface area contributed by atoms with Crippen LogP contribution in [0.1, 0.15) is 23.9 Å². The number of thiazole rings is 1. The average Bonchev–Trinajstić information content (AvgIpc) is 3.16. The van der Waals surface area contributed by atoms with E-state index in [0.29, 0.717) is 0 Å². The van der Waals surface area contributed by atoms with E-state index in [0.717, 1.165) is 52.8 Å². The predicted molar refractivity (Wildman–Crippen MR) is 107 cm³/mol. The third-order valence-electron chi connectivity index (χ3n) is 4.61. The van der Waals surface area contributed by atoms with Gasteiger partial charge >= 0.3 is 0 Å². The van der Waals surface area contributed by atoms with Gasteiger partial charge in [-0.15, -0.1) is 11.3 Å². The number of rotatable bonds is 5. The van der Waals surface area contributed by atoms with E-state index in [-0.39, 0.29) is 6.10 Å². The van der Waals surface area contributed by atoms with Gasteiger partial charge in [0.2, 0.25) is 0 Å². The molecule has 0 spiro atoms. The lowest BCUT2D eigenvalue weighted by atomic mass is 10.1. The minimum Gasteiger partial charge on any atom is -0.497 e. The van der Waals surface area contributed by atoms with Crippen molar-refractivity contribution in [2.45, 2.75) is 25.9 Å². The molecule has 0 fully saturated rings. The zero-order valence-corrected chi connectivity index (χ0v) is 15.8. The molecule has 0 aliphatic carbocycles. The summed E-state index contributed by atoms with van der Waals surface area (Å²) in [6.45, 7) is 3.00. The predicted octanol–water partition coefficient (Wildman–Crippen LogP) is 4.99. The first-order chi connectivity index (χ1) is 12.7. The minimum atomic E-state index is 0.253. The molecule has 0 amide bonds. The lowest BCUT2D eigenvalue weighted by Crippen LogP contribution is -2.29. The average molecular weight is 366 g/mol. The third kappa shape index (κ3) is 3.53. The van der Waals surface area contributed by atoms with Gasteiger partial charge in [0.25, 0.3) is 0 Å². The van der Waals surface area contributed by atoms with Crippen molar-refractivity contribution < 1.29 is 9.47 Å². The molecule has 1 aliphatic heterocycles. The lowest BCUT2D eigenvalue weighted by Gasteiger charge is -2.26. The molecular weight excluding hydrogens is 344 g/mol. The molecule has 5 heteroatoms. The molecule has 1 aromatic heterocycles. The van der Waals surface area contributed by atoms with Crippen LogP contribution in [-0.4, -0.2) is 24.7 Å². The maximum atomic E-state index is 5.98. The molecule has 0 radical (unpaired) electrons. The van der Waals surface area contributed by atoms with E-state index in [1.807, 2.05) is 18.2 Å². The second-order valence-electron chi connectivity index (χ2n) is 6.39. The van der Waals surface area contributed by atoms with E-state index in [9.17, 15) is 0 Å². The van der Waals surface area contributed by atoms with Crippen molar-refractivity contribution in [2.24, 2.45) is 0 Å². The number of aromatic nitrogens is 1. The number of fused-ring (bicyclic) bond motifs is 1. The third-order valence-corrected chi connectivity index (χ3v) is 5.46. The molecule has 1 N–H and O–H groups in total. The SMILES string of the molecule is CCC1CNc2cc(-c3csc(Cc4ccc(OC)cc4)n3)ccc2O1. The first-order valence-electron chi connectivity index (χ1n) is 8.87. The van der Waals surface area contributed by atoms with Crippen molar-refractivity contribution in [2.75, 3.05) is 19.0 Å². The molecule has 134 valence electrons. The first-order valence-corrected chi connectivity index (χ1v) is 9.75. The number of hydrogen-bond donors (Lipinski definition) is 1. The Labute approximate surface area is 157 Å². The van der Waals surface area contributed by atoms with E-state index in [2.05, 4.69) is 41.9 Å². The highest BCUT2D eigenvalue weighted by atomic mass is 32.1. The van der Waals surface area contributed by atoms with Crippen molar-refractivity contribution in [1.29, 1.82) is 0 Å². The lowest BCUT2D eigenvalue weighted by molar-refractivity contribution is 0.202. The maximum absolute atomic E-state index is 5.98. The highest BCUT2D eigenvalue weighted by Gasteiger charge is 2.18. The molecule has 4 nitrogen and oxygen atoms in total. The van der Waals surface area contributed by atoms with Crippen LogP contribution in [0.15, 0.2) is 47.8 Å². The molecule has 2 heterocycles. The van der Waals surface area contributed by atoms with Crippen LogP contribution in [0.25, 0.3) is 11.3 Å². The molecule has 1 aliphatic rings. The molecule has 2 aromatic carbocycles. The maximum Gasteiger partial charge on any atom is 0.142 e. The van der Waals surface area contributed by atoms with Crippen LogP contribution < -0.4 is 14.8 Å². The van der Waals surface area contributed by atoms with Crippen molar-refractivity contribution in [1.82, 2.24) is 4.98 Å². The van der Waals surface area contributed by atoms with E-state index < -0.39 is 0 Å². The first kappa shape index (κ1) is 16.9. The summed E-state index contributed by atoms with van der Waals surface area (Å²) in [7, 11) is 1.68. The Morgan fingerprint density at radius 3 is 2.85 bits per heavy atom. The second kappa shape index (κ2) is 7.38. The van der Waals surface area contributed by atoms with E-state index in [1.54, 1.807) is 18.4 Å². The second-order valence-corrected chi connectivity index (χ2v) is 7.33. The van der Waals surface area contributed by atoms with E-state index in [1.165, 1.54) is 5.56 Å². The van der Waals surface area contributed by atoms with Gasteiger partial charge in [0.15, 0.2) is 0 Å². The number of nitrogens with one attached hydrogen (secondary N) is 1. The van der Waals surface area contributed by atoms with Gasteiger partial charge in [-0.1, -0.05) is 19.1 Å². The van der Waals surface area contributed by atoms with Crippen LogP contribution in [0.2, 0.25) is 0 Å². The highest BCUT2D eigenvalue weighted by Crippen LogP contribution is 2.34. The Balaban J connectivity index is 1.51. The number of methoxy groups -OCH3 is 1. The molecule has 26 heavy (non-hydrogen) atoms. The number of benzene rings is 2. The van der Waals surface area contributed by atoms with Gasteiger partial charge in [-0.2, -0.15) is 0 Å².